The molecule has 32 heavy (non-hydrogen) atoms. The molecule has 2 aromatic carbocycles. The molecule has 3 amide bonds. The van der Waals surface area contributed by atoms with Crippen molar-refractivity contribution in [2.75, 3.05) is 18.5 Å². The summed E-state index contributed by atoms with van der Waals surface area (Å²) in [6.07, 6.45) is 1.39. The van der Waals surface area contributed by atoms with Gasteiger partial charge in [0.05, 0.1) is 20.9 Å². The fourth-order valence-corrected chi connectivity index (χ4v) is 4.24. The van der Waals surface area contributed by atoms with Gasteiger partial charge in [-0.3, -0.25) is 19.3 Å². The molecule has 0 spiro atoms. The highest BCUT2D eigenvalue weighted by molar-refractivity contribution is 8.18. The van der Waals surface area contributed by atoms with Crippen molar-refractivity contribution >= 4 is 69.8 Å². The molecule has 1 aliphatic heterocycles. The van der Waals surface area contributed by atoms with Crippen LogP contribution < -0.4 is 15.2 Å². The molecule has 1 fully saturated rings. The van der Waals surface area contributed by atoms with Crippen LogP contribution in [0.4, 0.5) is 10.5 Å². The van der Waals surface area contributed by atoms with Crippen molar-refractivity contribution < 1.29 is 29.0 Å². The standard InChI is InChI=1S/C21H16Cl2N2O6S/c1-11-3-2-4-13(5-11)24-17(26)9-25-20(29)16(32-21(25)30)8-12-6-14(22)19(15(23)7-12)31-10-18(27)28/h2-8H,9-10H2,1H3,(H,24,26)(H,27,28)/p-1/b16-8-. The maximum atomic E-state index is 12.6. The van der Waals surface area contributed by atoms with Crippen molar-refractivity contribution in [3.05, 3.63) is 62.5 Å². The van der Waals surface area contributed by atoms with E-state index in [1.54, 1.807) is 18.2 Å². The summed E-state index contributed by atoms with van der Waals surface area (Å²) in [4.78, 5) is 48.7. The number of aliphatic carboxylic acids is 1. The van der Waals surface area contributed by atoms with Crippen LogP contribution in [0.15, 0.2) is 41.3 Å². The molecule has 0 unspecified atom stereocenters. The zero-order valence-corrected chi connectivity index (χ0v) is 18.8. The summed E-state index contributed by atoms with van der Waals surface area (Å²) in [6, 6.07) is 9.91. The van der Waals surface area contributed by atoms with Gasteiger partial charge in [0, 0.05) is 5.69 Å². The van der Waals surface area contributed by atoms with E-state index < -0.39 is 36.2 Å². The van der Waals surface area contributed by atoms with Crippen LogP contribution in [-0.2, 0) is 14.4 Å². The number of nitrogens with zero attached hydrogens (tertiary/aromatic N) is 1. The molecule has 0 radical (unpaired) electrons. The second-order valence-electron chi connectivity index (χ2n) is 6.66. The summed E-state index contributed by atoms with van der Waals surface area (Å²) >= 11 is 12.8. The van der Waals surface area contributed by atoms with E-state index in [1.165, 1.54) is 18.2 Å². The van der Waals surface area contributed by atoms with Crippen molar-refractivity contribution in [1.29, 1.82) is 0 Å². The van der Waals surface area contributed by atoms with Crippen LogP contribution in [0.3, 0.4) is 0 Å². The number of hydrogen-bond donors (Lipinski definition) is 1. The molecule has 1 saturated heterocycles. The van der Waals surface area contributed by atoms with Crippen LogP contribution in [0, 0.1) is 6.92 Å². The molecule has 1 heterocycles. The first kappa shape index (κ1) is 23.6. The first-order valence-electron chi connectivity index (χ1n) is 9.07. The molecule has 0 saturated carbocycles. The minimum absolute atomic E-state index is 0.0155. The molecule has 11 heteroatoms. The average Bonchev–Trinajstić information content (AvgIpc) is 2.94. The third-order valence-corrected chi connectivity index (χ3v) is 5.60. The lowest BCUT2D eigenvalue weighted by Gasteiger charge is -2.13. The fraction of sp³-hybridized carbons (Fsp3) is 0.143. The lowest BCUT2D eigenvalue weighted by Crippen LogP contribution is -2.36. The molecule has 166 valence electrons. The third kappa shape index (κ3) is 5.82. The number of carboxylic acids is 1. The Morgan fingerprint density at radius 1 is 1.19 bits per heavy atom. The summed E-state index contributed by atoms with van der Waals surface area (Å²) in [6.45, 7) is 0.702. The predicted molar refractivity (Wildman–Crippen MR) is 119 cm³/mol. The van der Waals surface area contributed by atoms with Crippen LogP contribution >= 0.6 is 35.0 Å². The number of anilines is 1. The molecule has 3 rings (SSSR count). The van der Waals surface area contributed by atoms with E-state index in [1.807, 2.05) is 13.0 Å². The lowest BCUT2D eigenvalue weighted by molar-refractivity contribution is -0.307. The second kappa shape index (κ2) is 10.1. The van der Waals surface area contributed by atoms with Gasteiger partial charge in [-0.2, -0.15) is 0 Å². The Bertz CT molecular complexity index is 1130. The number of hydrogen-bond acceptors (Lipinski definition) is 7. The Hall–Kier alpha value is -3.01. The Kier molecular flexibility index (Phi) is 7.44. The minimum Gasteiger partial charge on any atom is -0.546 e. The zero-order valence-electron chi connectivity index (χ0n) is 16.5. The number of nitrogens with one attached hydrogen (secondary N) is 1. The van der Waals surface area contributed by atoms with Gasteiger partial charge in [0.15, 0.2) is 5.75 Å². The molecule has 0 aliphatic carbocycles. The molecule has 1 N–H and O–H groups in total. The number of aryl methyl sites for hydroxylation is 1. The Balaban J connectivity index is 1.72. The zero-order chi connectivity index (χ0) is 23.4. The third-order valence-electron chi connectivity index (χ3n) is 4.13. The fourth-order valence-electron chi connectivity index (χ4n) is 2.79. The summed E-state index contributed by atoms with van der Waals surface area (Å²) in [5.74, 6) is -2.64. The van der Waals surface area contributed by atoms with E-state index in [9.17, 15) is 24.3 Å². The normalized spacial score (nSPS) is 14.7. The van der Waals surface area contributed by atoms with E-state index in [2.05, 4.69) is 5.32 Å². The summed E-state index contributed by atoms with van der Waals surface area (Å²) in [5, 5.41) is 12.6. The van der Waals surface area contributed by atoms with E-state index in [0.717, 1.165) is 10.5 Å². The largest absolute Gasteiger partial charge is 0.546 e. The number of imide groups is 1. The molecular formula is C21H15Cl2N2O6S-. The minimum atomic E-state index is -1.44. The van der Waals surface area contributed by atoms with Gasteiger partial charge in [-0.05, 0) is 60.2 Å². The average molecular weight is 494 g/mol. The highest BCUT2D eigenvalue weighted by Gasteiger charge is 2.36. The number of carbonyl (C=O) groups excluding carboxylic acids is 4. The topological polar surface area (TPSA) is 116 Å². The van der Waals surface area contributed by atoms with Crippen molar-refractivity contribution in [1.82, 2.24) is 4.90 Å². The van der Waals surface area contributed by atoms with Gasteiger partial charge in [-0.25, -0.2) is 0 Å². The van der Waals surface area contributed by atoms with Gasteiger partial charge < -0.3 is 20.0 Å². The van der Waals surface area contributed by atoms with Crippen molar-refractivity contribution in [2.45, 2.75) is 6.92 Å². The number of rotatable bonds is 7. The number of ether oxygens (including phenoxy) is 1. The Morgan fingerprint density at radius 2 is 1.88 bits per heavy atom. The van der Waals surface area contributed by atoms with E-state index in [0.29, 0.717) is 23.0 Å². The van der Waals surface area contributed by atoms with Crippen LogP contribution in [-0.4, -0.2) is 41.1 Å². The van der Waals surface area contributed by atoms with E-state index in [4.69, 9.17) is 27.9 Å². The number of benzene rings is 2. The number of carboxylic acid groups (broad SMARTS) is 1. The molecule has 0 bridgehead atoms. The van der Waals surface area contributed by atoms with Crippen LogP contribution in [0.2, 0.25) is 10.0 Å². The van der Waals surface area contributed by atoms with Crippen LogP contribution in [0.1, 0.15) is 11.1 Å². The van der Waals surface area contributed by atoms with Crippen molar-refractivity contribution in [3.8, 4) is 5.75 Å². The van der Waals surface area contributed by atoms with Gasteiger partial charge in [-0.15, -0.1) is 0 Å². The number of halogens is 2. The predicted octanol–water partition coefficient (Wildman–Crippen LogP) is 3.11. The van der Waals surface area contributed by atoms with Gasteiger partial charge in [-0.1, -0.05) is 35.3 Å². The quantitative estimate of drug-likeness (QED) is 0.588. The molecule has 1 aliphatic rings. The highest BCUT2D eigenvalue weighted by atomic mass is 35.5. The number of carbonyl (C=O) groups is 4. The van der Waals surface area contributed by atoms with E-state index in [-0.39, 0.29) is 20.7 Å². The summed E-state index contributed by atoms with van der Waals surface area (Å²) in [5.41, 5.74) is 1.89. The Labute approximate surface area is 197 Å². The number of thioether (sulfide) groups is 1. The van der Waals surface area contributed by atoms with Gasteiger partial charge in [0.25, 0.3) is 11.1 Å². The Morgan fingerprint density at radius 3 is 2.50 bits per heavy atom. The first-order valence-corrected chi connectivity index (χ1v) is 10.6. The van der Waals surface area contributed by atoms with Crippen molar-refractivity contribution in [3.63, 3.8) is 0 Å². The molecule has 2 aromatic rings. The monoisotopic (exact) mass is 493 g/mol. The maximum Gasteiger partial charge on any atom is 0.294 e. The van der Waals surface area contributed by atoms with Gasteiger partial charge in [0.1, 0.15) is 13.2 Å². The molecule has 0 aromatic heterocycles. The second-order valence-corrected chi connectivity index (χ2v) is 8.47. The maximum absolute atomic E-state index is 12.6. The smallest absolute Gasteiger partial charge is 0.294 e. The number of amides is 3. The SMILES string of the molecule is Cc1cccc(NC(=O)CN2C(=O)S/C(=C\c3cc(Cl)c(OCC(=O)[O-])c(Cl)c3)C2=O)c1. The molecular weight excluding hydrogens is 479 g/mol. The first-order chi connectivity index (χ1) is 15.1. The van der Waals surface area contributed by atoms with Gasteiger partial charge in [0.2, 0.25) is 5.91 Å². The summed E-state index contributed by atoms with van der Waals surface area (Å²) in [7, 11) is 0. The van der Waals surface area contributed by atoms with Crippen LogP contribution in [0.5, 0.6) is 5.75 Å². The molecule has 0 atom stereocenters. The van der Waals surface area contributed by atoms with Crippen LogP contribution in [0.25, 0.3) is 6.08 Å². The summed E-state index contributed by atoms with van der Waals surface area (Å²) < 4.78 is 4.98. The van der Waals surface area contributed by atoms with Gasteiger partial charge >= 0.3 is 0 Å². The highest BCUT2D eigenvalue weighted by Crippen LogP contribution is 2.37. The lowest BCUT2D eigenvalue weighted by atomic mass is 10.2. The molecule has 8 nitrogen and oxygen atoms in total. The van der Waals surface area contributed by atoms with E-state index >= 15 is 0 Å². The van der Waals surface area contributed by atoms with Crippen molar-refractivity contribution in [2.24, 2.45) is 0 Å².